The Morgan fingerprint density at radius 3 is 2.50 bits per heavy atom. The van der Waals surface area contributed by atoms with Crippen molar-refractivity contribution in [3.05, 3.63) is 71.6 Å². The van der Waals surface area contributed by atoms with Gasteiger partial charge in [-0.3, -0.25) is 9.59 Å². The number of carbonyl (C=O) groups is 2. The summed E-state index contributed by atoms with van der Waals surface area (Å²) in [5.74, 6) is -2.03. The lowest BCUT2D eigenvalue weighted by Crippen LogP contribution is -2.33. The third-order valence-corrected chi connectivity index (χ3v) is 7.95. The number of hydrogen-bond donors (Lipinski definition) is 1. The lowest BCUT2D eigenvalue weighted by molar-refractivity contribution is -0.286. The molecule has 6 rings (SSSR count). The van der Waals surface area contributed by atoms with Gasteiger partial charge in [0.1, 0.15) is 23.6 Å². The Bertz CT molecular complexity index is 1590. The van der Waals surface area contributed by atoms with E-state index in [1.165, 1.54) is 18.2 Å². The van der Waals surface area contributed by atoms with E-state index in [9.17, 15) is 23.5 Å². The average Bonchev–Trinajstić information content (AvgIpc) is 3.34. The summed E-state index contributed by atoms with van der Waals surface area (Å²) < 4.78 is 64.0. The van der Waals surface area contributed by atoms with Crippen LogP contribution in [0.25, 0.3) is 10.9 Å². The van der Waals surface area contributed by atoms with Gasteiger partial charge in [-0.15, -0.1) is 8.78 Å². The molecule has 1 aromatic heterocycles. The second-order valence-electron chi connectivity index (χ2n) is 11.0. The maximum atomic E-state index is 15.5. The number of fused-ring (bicyclic) bond motifs is 2. The third kappa shape index (κ3) is 4.24. The van der Waals surface area contributed by atoms with E-state index in [-0.39, 0.29) is 48.4 Å². The highest BCUT2D eigenvalue weighted by atomic mass is 19.3. The van der Waals surface area contributed by atoms with Crippen LogP contribution in [-0.2, 0) is 42.9 Å². The first-order valence-corrected chi connectivity index (χ1v) is 12.8. The molecular formula is C29H26F3NO7. The van der Waals surface area contributed by atoms with E-state index < -0.39 is 35.0 Å². The molecule has 0 spiro atoms. The number of Topliss-reactive ketones (excluding diaryl/α,β-unsaturated/α-hetero) is 1. The summed E-state index contributed by atoms with van der Waals surface area (Å²) in [6, 6.07) is 8.82. The van der Waals surface area contributed by atoms with Gasteiger partial charge in [0.05, 0.1) is 17.5 Å². The number of ether oxygens (including phenoxy) is 4. The summed E-state index contributed by atoms with van der Waals surface area (Å²) in [7, 11) is 0. The minimum absolute atomic E-state index is 0.114. The fraction of sp³-hybridized carbons (Fsp3) is 0.379. The molecule has 11 heteroatoms. The molecule has 0 unspecified atom stereocenters. The SMILES string of the molecule is C=C1OC[C@@H](Cn2c(C(C)(C)C(=O)O)cc3cc(CC(=O)C4(c5ccc6c(c5)OC(F)(F)O6)CC4)c(F)cc32)O1. The number of carboxylic acid groups (broad SMARTS) is 1. The summed E-state index contributed by atoms with van der Waals surface area (Å²) in [5.41, 5.74) is -0.678. The number of benzene rings is 2. The number of carboxylic acids is 1. The molecule has 3 aliphatic rings. The van der Waals surface area contributed by atoms with Crippen molar-refractivity contribution in [3.8, 4) is 11.5 Å². The Labute approximate surface area is 226 Å². The highest BCUT2D eigenvalue weighted by molar-refractivity contribution is 5.96. The van der Waals surface area contributed by atoms with Crippen molar-refractivity contribution >= 4 is 22.7 Å². The molecule has 2 fully saturated rings. The fourth-order valence-corrected chi connectivity index (χ4v) is 5.47. The maximum Gasteiger partial charge on any atom is 0.586 e. The Morgan fingerprint density at radius 1 is 1.12 bits per heavy atom. The topological polar surface area (TPSA) is 96.2 Å². The molecule has 1 N–H and O–H groups in total. The van der Waals surface area contributed by atoms with Crippen LogP contribution in [0.1, 0.15) is 43.5 Å². The summed E-state index contributed by atoms with van der Waals surface area (Å²) in [6.07, 6.45) is -3.45. The zero-order valence-electron chi connectivity index (χ0n) is 21.8. The van der Waals surface area contributed by atoms with Crippen LogP contribution in [0, 0.1) is 5.82 Å². The Hall–Kier alpha value is -4.15. The van der Waals surface area contributed by atoms with E-state index in [0.717, 1.165) is 0 Å². The summed E-state index contributed by atoms with van der Waals surface area (Å²) in [4.78, 5) is 25.6. The molecule has 1 saturated heterocycles. The predicted molar refractivity (Wildman–Crippen MR) is 135 cm³/mol. The van der Waals surface area contributed by atoms with Gasteiger partial charge in [-0.05, 0) is 74.7 Å². The van der Waals surface area contributed by atoms with Gasteiger partial charge in [-0.1, -0.05) is 6.07 Å². The van der Waals surface area contributed by atoms with Gasteiger partial charge < -0.3 is 28.6 Å². The molecule has 1 saturated carbocycles. The van der Waals surface area contributed by atoms with Crippen LogP contribution in [0.5, 0.6) is 11.5 Å². The number of halogens is 3. The molecule has 3 aromatic rings. The molecule has 2 aliphatic heterocycles. The van der Waals surface area contributed by atoms with Gasteiger partial charge in [0.2, 0.25) is 0 Å². The van der Waals surface area contributed by atoms with Crippen LogP contribution in [0.3, 0.4) is 0 Å². The van der Waals surface area contributed by atoms with Crippen molar-refractivity contribution in [1.29, 1.82) is 0 Å². The molecular weight excluding hydrogens is 531 g/mol. The predicted octanol–water partition coefficient (Wildman–Crippen LogP) is 5.19. The number of hydrogen-bond acceptors (Lipinski definition) is 6. The number of alkyl halides is 2. The number of aliphatic carboxylic acids is 1. The lowest BCUT2D eigenvalue weighted by Gasteiger charge is -2.23. The summed E-state index contributed by atoms with van der Waals surface area (Å²) in [5, 5.41) is 10.5. The van der Waals surface area contributed by atoms with Crippen molar-refractivity contribution in [2.24, 2.45) is 0 Å². The van der Waals surface area contributed by atoms with Gasteiger partial charge >= 0.3 is 12.3 Å². The second kappa shape index (κ2) is 8.67. The zero-order chi connectivity index (χ0) is 28.6. The normalized spacial score (nSPS) is 20.3. The smallest absolute Gasteiger partial charge is 0.481 e. The number of ketones is 1. The Balaban J connectivity index is 1.32. The number of nitrogens with zero attached hydrogens (tertiary/aromatic N) is 1. The first-order chi connectivity index (χ1) is 18.8. The molecule has 40 heavy (non-hydrogen) atoms. The van der Waals surface area contributed by atoms with Crippen LogP contribution >= 0.6 is 0 Å². The summed E-state index contributed by atoms with van der Waals surface area (Å²) in [6.45, 7) is 7.18. The molecule has 8 nitrogen and oxygen atoms in total. The zero-order valence-corrected chi connectivity index (χ0v) is 21.8. The van der Waals surface area contributed by atoms with Gasteiger partial charge in [-0.25, -0.2) is 4.39 Å². The number of carbonyl (C=O) groups excluding carboxylic acids is 1. The largest absolute Gasteiger partial charge is 0.586 e. The highest BCUT2D eigenvalue weighted by Crippen LogP contribution is 2.52. The minimum atomic E-state index is -3.77. The Kier molecular flexibility index (Phi) is 5.66. The highest BCUT2D eigenvalue weighted by Gasteiger charge is 2.52. The molecule has 0 radical (unpaired) electrons. The van der Waals surface area contributed by atoms with Gasteiger partial charge in [-0.2, -0.15) is 0 Å². The van der Waals surface area contributed by atoms with Crippen molar-refractivity contribution in [1.82, 2.24) is 4.57 Å². The molecule has 3 heterocycles. The molecule has 1 aliphatic carbocycles. The quantitative estimate of drug-likeness (QED) is 0.407. The maximum absolute atomic E-state index is 15.5. The summed E-state index contributed by atoms with van der Waals surface area (Å²) >= 11 is 0. The molecule has 0 bridgehead atoms. The van der Waals surface area contributed by atoms with Crippen LogP contribution in [0.4, 0.5) is 13.2 Å². The van der Waals surface area contributed by atoms with Crippen LogP contribution in [0.2, 0.25) is 0 Å². The second-order valence-corrected chi connectivity index (χ2v) is 11.0. The van der Waals surface area contributed by atoms with Crippen LogP contribution in [-0.4, -0.2) is 40.4 Å². The molecule has 0 amide bonds. The molecule has 2 aromatic carbocycles. The average molecular weight is 558 g/mol. The monoisotopic (exact) mass is 557 g/mol. The lowest BCUT2D eigenvalue weighted by atomic mass is 9.87. The number of rotatable bonds is 8. The van der Waals surface area contributed by atoms with Crippen LogP contribution in [0.15, 0.2) is 48.9 Å². The third-order valence-electron chi connectivity index (χ3n) is 7.95. The molecule has 1 atom stereocenters. The van der Waals surface area contributed by atoms with E-state index in [4.69, 9.17) is 9.47 Å². The van der Waals surface area contributed by atoms with Gasteiger partial charge in [0, 0.05) is 17.5 Å². The molecule has 210 valence electrons. The Morgan fingerprint density at radius 2 is 1.85 bits per heavy atom. The van der Waals surface area contributed by atoms with Crippen molar-refractivity contribution < 1.29 is 46.8 Å². The van der Waals surface area contributed by atoms with E-state index in [1.807, 2.05) is 0 Å². The first kappa shape index (κ1) is 26.1. The van der Waals surface area contributed by atoms with Crippen molar-refractivity contribution in [3.63, 3.8) is 0 Å². The van der Waals surface area contributed by atoms with Crippen LogP contribution < -0.4 is 9.47 Å². The first-order valence-electron chi connectivity index (χ1n) is 12.8. The van der Waals surface area contributed by atoms with E-state index in [2.05, 4.69) is 16.1 Å². The van der Waals surface area contributed by atoms with Gasteiger partial charge in [0.15, 0.2) is 17.6 Å². The minimum Gasteiger partial charge on any atom is -0.481 e. The van der Waals surface area contributed by atoms with E-state index in [1.54, 1.807) is 36.6 Å². The number of aromatic nitrogens is 1. The van der Waals surface area contributed by atoms with Crippen molar-refractivity contribution in [2.75, 3.05) is 6.61 Å². The standard InChI is InChI=1S/C29H26F3NO7/c1-15-37-14-19(38-15)13-33-21-12-20(30)16(8-17(21)9-24(33)27(2,3)26(35)36)10-25(34)28(6-7-28)18-4-5-22-23(11-18)40-29(31,32)39-22/h4-5,8-9,11-12,19H,1,6-7,10,13-14H2,2-3H3,(H,35,36)/t19-/m1/s1. The van der Waals surface area contributed by atoms with Crippen molar-refractivity contribution in [2.45, 2.75) is 62.9 Å². The van der Waals surface area contributed by atoms with Gasteiger partial charge in [0.25, 0.3) is 5.95 Å². The van der Waals surface area contributed by atoms with E-state index in [0.29, 0.717) is 35.0 Å². The fourth-order valence-electron chi connectivity index (χ4n) is 5.47. The van der Waals surface area contributed by atoms with E-state index >= 15 is 4.39 Å².